The number of para-hydroxylation sites is 1. The van der Waals surface area contributed by atoms with Gasteiger partial charge in [-0.2, -0.15) is 0 Å². The summed E-state index contributed by atoms with van der Waals surface area (Å²) >= 11 is 0. The Bertz CT molecular complexity index is 678. The van der Waals surface area contributed by atoms with Crippen LogP contribution in [0, 0.1) is 0 Å². The van der Waals surface area contributed by atoms with Crippen LogP contribution in [0.1, 0.15) is 37.7 Å². The number of nitrogens with zero attached hydrogens (tertiary/aromatic N) is 1. The first-order valence-corrected chi connectivity index (χ1v) is 8.23. The number of nitrogens with one attached hydrogen (secondary N) is 1. The van der Waals surface area contributed by atoms with Crippen LogP contribution < -0.4 is 14.8 Å². The Balaban J connectivity index is 1.89. The molecule has 2 fully saturated rings. The molecule has 24 heavy (non-hydrogen) atoms. The van der Waals surface area contributed by atoms with E-state index in [4.69, 9.17) is 9.47 Å². The SMILES string of the molecule is COc1cccc(/C=C2\NC(=O)N(C3CCCCC3)C2=O)c1OC. The number of carbonyl (C=O) groups excluding carboxylic acids is 2. The zero-order valence-electron chi connectivity index (χ0n) is 14.0. The molecule has 0 spiro atoms. The van der Waals surface area contributed by atoms with E-state index in [0.717, 1.165) is 25.7 Å². The van der Waals surface area contributed by atoms with E-state index in [2.05, 4.69) is 5.32 Å². The Morgan fingerprint density at radius 3 is 2.54 bits per heavy atom. The Labute approximate surface area is 141 Å². The molecule has 1 aliphatic heterocycles. The molecule has 1 saturated heterocycles. The fourth-order valence-electron chi connectivity index (χ4n) is 3.40. The van der Waals surface area contributed by atoms with Crippen molar-refractivity contribution in [1.82, 2.24) is 10.2 Å². The number of hydrogen-bond acceptors (Lipinski definition) is 4. The minimum absolute atomic E-state index is 0.00403. The third-order valence-electron chi connectivity index (χ3n) is 4.58. The van der Waals surface area contributed by atoms with Crippen molar-refractivity contribution in [1.29, 1.82) is 0 Å². The average Bonchev–Trinajstić information content (AvgIpc) is 2.89. The zero-order chi connectivity index (χ0) is 17.1. The summed E-state index contributed by atoms with van der Waals surface area (Å²) in [6.45, 7) is 0. The van der Waals surface area contributed by atoms with Crippen molar-refractivity contribution >= 4 is 18.0 Å². The highest BCUT2D eigenvalue weighted by atomic mass is 16.5. The number of methoxy groups -OCH3 is 2. The van der Waals surface area contributed by atoms with Gasteiger partial charge in [-0.25, -0.2) is 4.79 Å². The molecule has 1 N–H and O–H groups in total. The minimum Gasteiger partial charge on any atom is -0.493 e. The van der Waals surface area contributed by atoms with Gasteiger partial charge in [-0.15, -0.1) is 0 Å². The van der Waals surface area contributed by atoms with Gasteiger partial charge in [0.25, 0.3) is 5.91 Å². The Hall–Kier alpha value is -2.50. The van der Waals surface area contributed by atoms with Gasteiger partial charge in [0.05, 0.1) is 14.2 Å². The van der Waals surface area contributed by atoms with Crippen molar-refractivity contribution in [2.24, 2.45) is 0 Å². The fraction of sp³-hybridized carbons (Fsp3) is 0.444. The molecule has 0 radical (unpaired) electrons. The van der Waals surface area contributed by atoms with Gasteiger partial charge in [-0.05, 0) is 25.0 Å². The number of hydrogen-bond donors (Lipinski definition) is 1. The van der Waals surface area contributed by atoms with E-state index in [1.165, 1.54) is 11.3 Å². The molecule has 0 aromatic heterocycles. The summed E-state index contributed by atoms with van der Waals surface area (Å²) in [7, 11) is 3.10. The fourth-order valence-corrected chi connectivity index (χ4v) is 3.40. The second-order valence-electron chi connectivity index (χ2n) is 6.04. The third-order valence-corrected chi connectivity index (χ3v) is 4.58. The van der Waals surface area contributed by atoms with Crippen molar-refractivity contribution in [2.45, 2.75) is 38.1 Å². The third kappa shape index (κ3) is 2.96. The molecule has 1 aromatic carbocycles. The first-order chi connectivity index (χ1) is 11.7. The van der Waals surface area contributed by atoms with Gasteiger partial charge in [0.1, 0.15) is 5.70 Å². The summed E-state index contributed by atoms with van der Waals surface area (Å²) in [5, 5.41) is 2.69. The van der Waals surface area contributed by atoms with Crippen molar-refractivity contribution in [3.05, 3.63) is 29.5 Å². The molecule has 3 amide bonds. The molecule has 0 bridgehead atoms. The number of benzene rings is 1. The predicted octanol–water partition coefficient (Wildman–Crippen LogP) is 2.93. The second-order valence-corrected chi connectivity index (χ2v) is 6.04. The van der Waals surface area contributed by atoms with E-state index in [0.29, 0.717) is 17.1 Å². The molecule has 3 rings (SSSR count). The number of ether oxygens (including phenoxy) is 2. The van der Waals surface area contributed by atoms with E-state index in [1.807, 2.05) is 12.1 Å². The lowest BCUT2D eigenvalue weighted by Crippen LogP contribution is -2.41. The van der Waals surface area contributed by atoms with Crippen LogP contribution in [0.5, 0.6) is 11.5 Å². The van der Waals surface area contributed by atoms with Gasteiger partial charge in [0.15, 0.2) is 11.5 Å². The van der Waals surface area contributed by atoms with Gasteiger partial charge >= 0.3 is 6.03 Å². The highest BCUT2D eigenvalue weighted by Gasteiger charge is 2.39. The van der Waals surface area contributed by atoms with Crippen LogP contribution in [-0.2, 0) is 4.79 Å². The largest absolute Gasteiger partial charge is 0.493 e. The summed E-state index contributed by atoms with van der Waals surface area (Å²) in [4.78, 5) is 26.3. The minimum atomic E-state index is -0.333. The lowest BCUT2D eigenvalue weighted by molar-refractivity contribution is -0.124. The highest BCUT2D eigenvalue weighted by molar-refractivity contribution is 6.14. The van der Waals surface area contributed by atoms with Crippen LogP contribution in [0.3, 0.4) is 0 Å². The molecule has 1 aliphatic carbocycles. The maximum atomic E-state index is 12.7. The summed E-state index contributed by atoms with van der Waals surface area (Å²) in [6.07, 6.45) is 6.70. The number of imide groups is 1. The lowest BCUT2D eigenvalue weighted by atomic mass is 9.94. The van der Waals surface area contributed by atoms with Gasteiger partial charge in [-0.3, -0.25) is 9.69 Å². The van der Waals surface area contributed by atoms with Gasteiger partial charge < -0.3 is 14.8 Å². The maximum Gasteiger partial charge on any atom is 0.329 e. The van der Waals surface area contributed by atoms with Crippen molar-refractivity contribution < 1.29 is 19.1 Å². The van der Waals surface area contributed by atoms with Crippen LogP contribution in [0.25, 0.3) is 6.08 Å². The maximum absolute atomic E-state index is 12.7. The normalized spacial score (nSPS) is 20.4. The number of amides is 3. The van der Waals surface area contributed by atoms with E-state index < -0.39 is 0 Å². The molecule has 2 aliphatic rings. The highest BCUT2D eigenvalue weighted by Crippen LogP contribution is 2.33. The van der Waals surface area contributed by atoms with Crippen LogP contribution in [0.2, 0.25) is 0 Å². The molecule has 1 saturated carbocycles. The van der Waals surface area contributed by atoms with Crippen molar-refractivity contribution in [3.63, 3.8) is 0 Å². The summed E-state index contributed by atoms with van der Waals surface area (Å²) in [5.74, 6) is 0.843. The lowest BCUT2D eigenvalue weighted by Gasteiger charge is -2.28. The Morgan fingerprint density at radius 1 is 1.12 bits per heavy atom. The zero-order valence-corrected chi connectivity index (χ0v) is 14.0. The van der Waals surface area contributed by atoms with E-state index >= 15 is 0 Å². The molecule has 0 unspecified atom stereocenters. The summed E-state index contributed by atoms with van der Waals surface area (Å²) < 4.78 is 10.6. The summed E-state index contributed by atoms with van der Waals surface area (Å²) in [5.41, 5.74) is 0.961. The summed E-state index contributed by atoms with van der Waals surface area (Å²) in [6, 6.07) is 5.08. The van der Waals surface area contributed by atoms with Crippen LogP contribution >= 0.6 is 0 Å². The number of urea groups is 1. The second kappa shape index (κ2) is 6.95. The van der Waals surface area contributed by atoms with Crippen LogP contribution in [-0.4, -0.2) is 37.1 Å². The van der Waals surface area contributed by atoms with Crippen LogP contribution in [0.4, 0.5) is 4.79 Å². The Morgan fingerprint density at radius 2 is 1.88 bits per heavy atom. The first kappa shape index (κ1) is 16.4. The smallest absolute Gasteiger partial charge is 0.329 e. The van der Waals surface area contributed by atoms with Crippen LogP contribution in [0.15, 0.2) is 23.9 Å². The first-order valence-electron chi connectivity index (χ1n) is 8.23. The molecule has 128 valence electrons. The molecule has 0 atom stereocenters. The van der Waals surface area contributed by atoms with E-state index in [1.54, 1.807) is 26.4 Å². The standard InChI is InChI=1S/C18H22N2O4/c1-23-15-10-6-7-12(16(15)24-2)11-14-17(21)20(18(22)19-14)13-8-4-3-5-9-13/h6-7,10-11,13H,3-5,8-9H2,1-2H3,(H,19,22)/b14-11-. The molecular weight excluding hydrogens is 308 g/mol. The monoisotopic (exact) mass is 330 g/mol. The molecule has 6 nitrogen and oxygen atoms in total. The molecular formula is C18H22N2O4. The van der Waals surface area contributed by atoms with E-state index in [-0.39, 0.29) is 23.7 Å². The van der Waals surface area contributed by atoms with Gasteiger partial charge in [0, 0.05) is 11.6 Å². The molecule has 6 heteroatoms. The van der Waals surface area contributed by atoms with Crippen molar-refractivity contribution in [2.75, 3.05) is 14.2 Å². The number of carbonyl (C=O) groups is 2. The number of rotatable bonds is 4. The predicted molar refractivity (Wildman–Crippen MR) is 89.8 cm³/mol. The topological polar surface area (TPSA) is 67.9 Å². The quantitative estimate of drug-likeness (QED) is 0.681. The van der Waals surface area contributed by atoms with Gasteiger partial charge in [-0.1, -0.05) is 31.4 Å². The molecule has 1 aromatic rings. The Kier molecular flexibility index (Phi) is 4.74. The van der Waals surface area contributed by atoms with E-state index in [9.17, 15) is 9.59 Å². The van der Waals surface area contributed by atoms with Crippen molar-refractivity contribution in [3.8, 4) is 11.5 Å². The van der Waals surface area contributed by atoms with Gasteiger partial charge in [0.2, 0.25) is 0 Å². The molecule has 1 heterocycles. The average molecular weight is 330 g/mol.